The van der Waals surface area contributed by atoms with Gasteiger partial charge in [-0.15, -0.1) is 0 Å². The van der Waals surface area contributed by atoms with Gasteiger partial charge in [0.2, 0.25) is 0 Å². The fourth-order valence-electron chi connectivity index (χ4n) is 5.17. The predicted octanol–water partition coefficient (Wildman–Crippen LogP) is 5.17. The van der Waals surface area contributed by atoms with Gasteiger partial charge in [0.1, 0.15) is 17.7 Å². The van der Waals surface area contributed by atoms with E-state index in [4.69, 9.17) is 4.74 Å². The van der Waals surface area contributed by atoms with Crippen LogP contribution in [0.2, 0.25) is 0 Å². The summed E-state index contributed by atoms with van der Waals surface area (Å²) >= 11 is 0. The average molecular weight is 496 g/mol. The molecule has 0 unspecified atom stereocenters. The molecular weight excluding hydrogens is 457 g/mol. The molecule has 2 aliphatic rings. The van der Waals surface area contributed by atoms with Crippen molar-refractivity contribution in [3.63, 3.8) is 0 Å². The Labute approximate surface area is 213 Å². The second-order valence-corrected chi connectivity index (χ2v) is 10.2. The minimum atomic E-state index is -1.07. The van der Waals surface area contributed by atoms with Gasteiger partial charge in [0.25, 0.3) is 5.91 Å². The van der Waals surface area contributed by atoms with Crippen molar-refractivity contribution in [3.8, 4) is 17.0 Å². The Balaban J connectivity index is 1.25. The van der Waals surface area contributed by atoms with Crippen molar-refractivity contribution in [2.75, 3.05) is 32.8 Å². The summed E-state index contributed by atoms with van der Waals surface area (Å²) in [7, 11) is 0. The van der Waals surface area contributed by atoms with E-state index in [2.05, 4.69) is 9.88 Å². The maximum atomic E-state index is 14.7. The van der Waals surface area contributed by atoms with Crippen LogP contribution in [0.3, 0.4) is 0 Å². The number of rotatable bonds is 10. The Morgan fingerprint density at radius 3 is 2.42 bits per heavy atom. The van der Waals surface area contributed by atoms with Crippen molar-refractivity contribution in [1.29, 1.82) is 0 Å². The van der Waals surface area contributed by atoms with Crippen LogP contribution < -0.4 is 4.74 Å². The fourth-order valence-corrected chi connectivity index (χ4v) is 5.17. The number of amides is 1. The molecule has 36 heavy (non-hydrogen) atoms. The van der Waals surface area contributed by atoms with E-state index in [1.54, 1.807) is 23.2 Å². The molecule has 0 N–H and O–H groups in total. The standard InChI is InChI=1S/C29H38FN3O3/c1-3-29(30,4-2)21-32-16-13-22(14-17-32)20-36-26-11-12-27(31-18-26)23-7-9-24(10-8-23)28(35)33-15-5-6-25(33)19-34/h7-12,18-19,22,25H,3-6,13-17,20-21H2,1-2H3/t25-/m0/s1. The third-order valence-electron chi connectivity index (χ3n) is 7.85. The van der Waals surface area contributed by atoms with E-state index in [1.165, 1.54) is 0 Å². The van der Waals surface area contributed by atoms with E-state index >= 15 is 0 Å². The molecule has 0 radical (unpaired) electrons. The molecule has 1 atom stereocenters. The van der Waals surface area contributed by atoms with Gasteiger partial charge in [-0.05, 0) is 81.8 Å². The number of carbonyl (C=O) groups is 2. The molecule has 0 bridgehead atoms. The molecular formula is C29H38FN3O3. The Morgan fingerprint density at radius 2 is 1.81 bits per heavy atom. The molecule has 2 fully saturated rings. The summed E-state index contributed by atoms with van der Waals surface area (Å²) in [5.74, 6) is 1.11. The fraction of sp³-hybridized carbons (Fsp3) is 0.552. The molecule has 1 aromatic carbocycles. The maximum absolute atomic E-state index is 14.7. The van der Waals surface area contributed by atoms with E-state index in [1.807, 2.05) is 38.1 Å². The van der Waals surface area contributed by atoms with Crippen LogP contribution in [0, 0.1) is 5.92 Å². The lowest BCUT2D eigenvalue weighted by molar-refractivity contribution is -0.111. The molecule has 7 heteroatoms. The van der Waals surface area contributed by atoms with E-state index in [0.717, 1.165) is 62.1 Å². The van der Waals surface area contributed by atoms with Crippen molar-refractivity contribution >= 4 is 12.2 Å². The second kappa shape index (κ2) is 12.0. The van der Waals surface area contributed by atoms with Crippen LogP contribution in [-0.2, 0) is 4.79 Å². The van der Waals surface area contributed by atoms with Gasteiger partial charge in [-0.1, -0.05) is 26.0 Å². The number of aldehydes is 1. The molecule has 2 aromatic rings. The largest absolute Gasteiger partial charge is 0.492 e. The molecule has 6 nitrogen and oxygen atoms in total. The quantitative estimate of drug-likeness (QED) is 0.426. The minimum Gasteiger partial charge on any atom is -0.492 e. The Bertz CT molecular complexity index is 999. The molecule has 1 aromatic heterocycles. The first-order chi connectivity index (χ1) is 17.4. The minimum absolute atomic E-state index is 0.0987. The molecule has 3 heterocycles. The lowest BCUT2D eigenvalue weighted by Gasteiger charge is -2.36. The summed E-state index contributed by atoms with van der Waals surface area (Å²) in [6.45, 7) is 7.51. The van der Waals surface area contributed by atoms with Crippen molar-refractivity contribution in [2.24, 2.45) is 5.92 Å². The molecule has 2 saturated heterocycles. The first-order valence-corrected chi connectivity index (χ1v) is 13.3. The van der Waals surface area contributed by atoms with Crippen LogP contribution in [0.1, 0.15) is 62.7 Å². The van der Waals surface area contributed by atoms with E-state index in [9.17, 15) is 14.0 Å². The summed E-state index contributed by atoms with van der Waals surface area (Å²) in [6, 6.07) is 10.9. The smallest absolute Gasteiger partial charge is 0.254 e. The summed E-state index contributed by atoms with van der Waals surface area (Å²) in [5, 5.41) is 0. The van der Waals surface area contributed by atoms with Gasteiger partial charge >= 0.3 is 0 Å². The number of ether oxygens (including phenoxy) is 1. The lowest BCUT2D eigenvalue weighted by Crippen LogP contribution is -2.44. The number of carbonyl (C=O) groups excluding carboxylic acids is 2. The first kappa shape index (κ1) is 26.3. The maximum Gasteiger partial charge on any atom is 0.254 e. The molecule has 0 spiro atoms. The molecule has 2 aliphatic heterocycles. The number of pyridine rings is 1. The SMILES string of the molecule is CCC(F)(CC)CN1CCC(COc2ccc(-c3ccc(C(=O)N4CCC[C@H]4C=O)cc3)nc2)CC1. The highest BCUT2D eigenvalue weighted by atomic mass is 19.1. The molecule has 1 amide bonds. The average Bonchev–Trinajstić information content (AvgIpc) is 3.42. The highest BCUT2D eigenvalue weighted by Crippen LogP contribution is 2.27. The van der Waals surface area contributed by atoms with E-state index in [0.29, 0.717) is 44.0 Å². The molecule has 194 valence electrons. The summed E-state index contributed by atoms with van der Waals surface area (Å²) in [4.78, 5) is 32.4. The lowest BCUT2D eigenvalue weighted by atomic mass is 9.94. The number of halogens is 1. The van der Waals surface area contributed by atoms with Crippen molar-refractivity contribution < 1.29 is 18.7 Å². The van der Waals surface area contributed by atoms with Crippen LogP contribution >= 0.6 is 0 Å². The normalized spacial score (nSPS) is 19.4. The van der Waals surface area contributed by atoms with Gasteiger partial charge in [-0.25, -0.2) is 4.39 Å². The van der Waals surface area contributed by atoms with Crippen molar-refractivity contribution in [2.45, 2.75) is 64.1 Å². The van der Waals surface area contributed by atoms with Crippen molar-refractivity contribution in [1.82, 2.24) is 14.8 Å². The predicted molar refractivity (Wildman–Crippen MR) is 139 cm³/mol. The third-order valence-corrected chi connectivity index (χ3v) is 7.85. The summed E-state index contributed by atoms with van der Waals surface area (Å²) in [5.41, 5.74) is 1.24. The second-order valence-electron chi connectivity index (χ2n) is 10.2. The zero-order chi connectivity index (χ0) is 25.5. The summed E-state index contributed by atoms with van der Waals surface area (Å²) in [6.07, 6.45) is 7.38. The van der Waals surface area contributed by atoms with Gasteiger partial charge in [0.15, 0.2) is 0 Å². The van der Waals surface area contributed by atoms with Crippen LogP contribution in [0.15, 0.2) is 42.6 Å². The van der Waals surface area contributed by atoms with Crippen LogP contribution in [0.5, 0.6) is 5.75 Å². The number of benzene rings is 1. The van der Waals surface area contributed by atoms with Crippen LogP contribution in [0.4, 0.5) is 4.39 Å². The highest BCUT2D eigenvalue weighted by molar-refractivity contribution is 5.96. The Morgan fingerprint density at radius 1 is 1.08 bits per heavy atom. The number of likely N-dealkylation sites (tertiary alicyclic amines) is 2. The van der Waals surface area contributed by atoms with Gasteiger partial charge in [-0.2, -0.15) is 0 Å². The van der Waals surface area contributed by atoms with Crippen molar-refractivity contribution in [3.05, 3.63) is 48.2 Å². The molecule has 4 rings (SSSR count). The van der Waals surface area contributed by atoms with Gasteiger partial charge in [0.05, 0.1) is 24.5 Å². The van der Waals surface area contributed by atoms with Crippen LogP contribution in [-0.4, -0.2) is 71.5 Å². The molecule has 0 saturated carbocycles. The number of hydrogen-bond acceptors (Lipinski definition) is 5. The number of piperidine rings is 1. The summed E-state index contributed by atoms with van der Waals surface area (Å²) < 4.78 is 20.7. The zero-order valence-corrected chi connectivity index (χ0v) is 21.5. The van der Waals surface area contributed by atoms with Gasteiger partial charge < -0.3 is 19.3 Å². The van der Waals surface area contributed by atoms with E-state index in [-0.39, 0.29) is 11.9 Å². The number of nitrogens with zero attached hydrogens (tertiary/aromatic N) is 3. The number of hydrogen-bond donors (Lipinski definition) is 0. The molecule has 0 aliphatic carbocycles. The Kier molecular flexibility index (Phi) is 8.72. The van der Waals surface area contributed by atoms with Crippen LogP contribution in [0.25, 0.3) is 11.3 Å². The highest BCUT2D eigenvalue weighted by Gasteiger charge is 2.31. The third kappa shape index (κ3) is 6.30. The first-order valence-electron chi connectivity index (χ1n) is 13.3. The number of aromatic nitrogens is 1. The van der Waals surface area contributed by atoms with Gasteiger partial charge in [-0.3, -0.25) is 9.78 Å². The zero-order valence-electron chi connectivity index (χ0n) is 21.5. The van der Waals surface area contributed by atoms with E-state index < -0.39 is 5.67 Å². The van der Waals surface area contributed by atoms with Gasteiger partial charge in [0, 0.05) is 24.2 Å². The Hall–Kier alpha value is -2.80. The topological polar surface area (TPSA) is 62.7 Å². The monoisotopic (exact) mass is 495 g/mol. The number of alkyl halides is 1.